The number of benzene rings is 1. The summed E-state index contributed by atoms with van der Waals surface area (Å²) >= 11 is 3.46. The van der Waals surface area contributed by atoms with Crippen LogP contribution in [0.3, 0.4) is 0 Å². The number of fused-ring (bicyclic) bond motifs is 2. The number of nitrogens with zero attached hydrogens (tertiary/aromatic N) is 2. The molecule has 4 rings (SSSR count). The van der Waals surface area contributed by atoms with Crippen LogP contribution in [0, 0.1) is 0 Å². The largest absolute Gasteiger partial charge is 0.255 e. The Morgan fingerprint density at radius 2 is 1.89 bits per heavy atom. The minimum atomic E-state index is 1.07. The molecular formula is C14H8N2S2. The van der Waals surface area contributed by atoms with E-state index in [1.165, 1.54) is 19.8 Å². The average molecular weight is 268 g/mol. The van der Waals surface area contributed by atoms with Gasteiger partial charge in [-0.25, -0.2) is 4.98 Å². The molecule has 3 heterocycles. The van der Waals surface area contributed by atoms with Gasteiger partial charge >= 0.3 is 0 Å². The van der Waals surface area contributed by atoms with Gasteiger partial charge < -0.3 is 0 Å². The van der Waals surface area contributed by atoms with E-state index in [4.69, 9.17) is 0 Å². The van der Waals surface area contributed by atoms with Crippen LogP contribution in [0.5, 0.6) is 0 Å². The first-order valence-electron chi connectivity index (χ1n) is 5.58. The zero-order valence-electron chi connectivity index (χ0n) is 9.33. The van der Waals surface area contributed by atoms with Gasteiger partial charge in [0, 0.05) is 11.1 Å². The molecule has 86 valence electrons. The summed E-state index contributed by atoms with van der Waals surface area (Å²) in [5.74, 6) is 0. The van der Waals surface area contributed by atoms with Crippen LogP contribution in [0.4, 0.5) is 0 Å². The molecular weight excluding hydrogens is 260 g/mol. The van der Waals surface area contributed by atoms with Gasteiger partial charge in [0.1, 0.15) is 0 Å². The third-order valence-electron chi connectivity index (χ3n) is 2.90. The fourth-order valence-corrected chi connectivity index (χ4v) is 3.75. The molecule has 4 aromatic rings. The van der Waals surface area contributed by atoms with E-state index in [0.717, 1.165) is 11.0 Å². The summed E-state index contributed by atoms with van der Waals surface area (Å²) in [4.78, 5) is 9.95. The van der Waals surface area contributed by atoms with E-state index in [2.05, 4.69) is 40.3 Å². The number of pyridine rings is 1. The lowest BCUT2D eigenvalue weighted by atomic mass is 10.2. The van der Waals surface area contributed by atoms with Gasteiger partial charge in [0.25, 0.3) is 0 Å². The summed E-state index contributed by atoms with van der Waals surface area (Å²) < 4.78 is 2.47. The lowest BCUT2D eigenvalue weighted by Gasteiger charge is -1.96. The highest BCUT2D eigenvalue weighted by Crippen LogP contribution is 2.34. The number of aromatic nitrogens is 2. The van der Waals surface area contributed by atoms with Crippen molar-refractivity contribution in [2.45, 2.75) is 0 Å². The molecule has 0 aliphatic carbocycles. The molecule has 0 amide bonds. The van der Waals surface area contributed by atoms with Crippen molar-refractivity contribution < 1.29 is 0 Å². The first kappa shape index (κ1) is 10.2. The van der Waals surface area contributed by atoms with E-state index < -0.39 is 0 Å². The Morgan fingerprint density at radius 3 is 2.83 bits per heavy atom. The van der Waals surface area contributed by atoms with E-state index >= 15 is 0 Å². The maximum Gasteiger partial charge on any atom is 0.0816 e. The van der Waals surface area contributed by atoms with Crippen molar-refractivity contribution in [2.75, 3.05) is 0 Å². The summed E-state index contributed by atoms with van der Waals surface area (Å²) in [5, 5.41) is 0. The quantitative estimate of drug-likeness (QED) is 0.505. The standard InChI is InChI=1S/C14H8N2S2/c1-2-12-11(15-5-1)7-13(18-12)9-3-4-10-14(6-9)17-8-16-10/h1-8H. The molecule has 2 nitrogen and oxygen atoms in total. The maximum atomic E-state index is 4.38. The molecule has 4 heteroatoms. The summed E-state index contributed by atoms with van der Waals surface area (Å²) in [6, 6.07) is 12.7. The number of hydrogen-bond acceptors (Lipinski definition) is 4. The average Bonchev–Trinajstić information content (AvgIpc) is 3.04. The summed E-state index contributed by atoms with van der Waals surface area (Å²) in [7, 11) is 0. The molecule has 0 spiro atoms. The van der Waals surface area contributed by atoms with Crippen molar-refractivity contribution >= 4 is 43.1 Å². The molecule has 0 aliphatic heterocycles. The van der Waals surface area contributed by atoms with E-state index in [1.807, 2.05) is 17.8 Å². The molecule has 0 saturated carbocycles. The van der Waals surface area contributed by atoms with Crippen LogP contribution in [0.25, 0.3) is 30.9 Å². The zero-order chi connectivity index (χ0) is 11.9. The predicted molar refractivity (Wildman–Crippen MR) is 78.2 cm³/mol. The SMILES string of the molecule is c1cnc2cc(-c3ccc4ncsc4c3)sc2c1. The van der Waals surface area contributed by atoms with Crippen LogP contribution in [0.1, 0.15) is 0 Å². The van der Waals surface area contributed by atoms with Crippen molar-refractivity contribution in [3.8, 4) is 10.4 Å². The number of thiazole rings is 1. The van der Waals surface area contributed by atoms with Crippen molar-refractivity contribution in [3.63, 3.8) is 0 Å². The van der Waals surface area contributed by atoms with Gasteiger partial charge in [-0.15, -0.1) is 22.7 Å². The minimum absolute atomic E-state index is 1.07. The molecule has 0 saturated heterocycles. The molecule has 0 atom stereocenters. The van der Waals surface area contributed by atoms with Gasteiger partial charge in [0.2, 0.25) is 0 Å². The molecule has 0 aliphatic rings. The Morgan fingerprint density at radius 1 is 0.889 bits per heavy atom. The van der Waals surface area contributed by atoms with Crippen molar-refractivity contribution in [1.82, 2.24) is 9.97 Å². The van der Waals surface area contributed by atoms with Crippen LogP contribution in [0.15, 0.2) is 48.1 Å². The van der Waals surface area contributed by atoms with E-state index in [0.29, 0.717) is 0 Å². The Bertz CT molecular complexity index is 812. The molecule has 0 bridgehead atoms. The van der Waals surface area contributed by atoms with Gasteiger partial charge in [-0.1, -0.05) is 6.07 Å². The Labute approximate surface area is 112 Å². The molecule has 0 fully saturated rings. The third kappa shape index (κ3) is 1.54. The smallest absolute Gasteiger partial charge is 0.0816 e. The summed E-state index contributed by atoms with van der Waals surface area (Å²) in [6.07, 6.45) is 1.84. The van der Waals surface area contributed by atoms with Crippen LogP contribution >= 0.6 is 22.7 Å². The highest BCUT2D eigenvalue weighted by molar-refractivity contribution is 7.22. The van der Waals surface area contributed by atoms with Crippen LogP contribution in [0.2, 0.25) is 0 Å². The minimum Gasteiger partial charge on any atom is -0.255 e. The monoisotopic (exact) mass is 268 g/mol. The Balaban J connectivity index is 1.94. The molecule has 0 N–H and O–H groups in total. The van der Waals surface area contributed by atoms with Gasteiger partial charge in [0.15, 0.2) is 0 Å². The molecule has 3 aromatic heterocycles. The highest BCUT2D eigenvalue weighted by atomic mass is 32.1. The van der Waals surface area contributed by atoms with Crippen LogP contribution < -0.4 is 0 Å². The number of hydrogen-bond donors (Lipinski definition) is 0. The maximum absolute atomic E-state index is 4.38. The topological polar surface area (TPSA) is 25.8 Å². The second-order valence-electron chi connectivity index (χ2n) is 4.03. The second kappa shape index (κ2) is 3.86. The van der Waals surface area contributed by atoms with Crippen molar-refractivity contribution in [3.05, 3.63) is 48.1 Å². The van der Waals surface area contributed by atoms with Crippen LogP contribution in [-0.2, 0) is 0 Å². The Kier molecular flexibility index (Phi) is 2.18. The van der Waals surface area contributed by atoms with Gasteiger partial charge in [-0.2, -0.15) is 0 Å². The van der Waals surface area contributed by atoms with Crippen molar-refractivity contribution in [1.29, 1.82) is 0 Å². The summed E-state index contributed by atoms with van der Waals surface area (Å²) in [5.41, 5.74) is 5.28. The van der Waals surface area contributed by atoms with Gasteiger partial charge in [-0.3, -0.25) is 4.98 Å². The van der Waals surface area contributed by atoms with E-state index in [9.17, 15) is 0 Å². The van der Waals surface area contributed by atoms with Gasteiger partial charge in [0.05, 0.1) is 25.9 Å². The lowest BCUT2D eigenvalue weighted by Crippen LogP contribution is -1.72. The van der Waals surface area contributed by atoms with Gasteiger partial charge in [-0.05, 0) is 35.9 Å². The molecule has 0 unspecified atom stereocenters. The number of thiophene rings is 1. The zero-order valence-corrected chi connectivity index (χ0v) is 11.0. The molecule has 1 aromatic carbocycles. The number of rotatable bonds is 1. The van der Waals surface area contributed by atoms with Crippen LogP contribution in [-0.4, -0.2) is 9.97 Å². The van der Waals surface area contributed by atoms with E-state index in [1.54, 1.807) is 22.7 Å². The molecule has 0 radical (unpaired) electrons. The fourth-order valence-electron chi connectivity index (χ4n) is 2.02. The second-order valence-corrected chi connectivity index (χ2v) is 6.00. The third-order valence-corrected chi connectivity index (χ3v) is 4.83. The fraction of sp³-hybridized carbons (Fsp3) is 0. The normalized spacial score (nSPS) is 11.3. The molecule has 18 heavy (non-hydrogen) atoms. The van der Waals surface area contributed by atoms with Crippen molar-refractivity contribution in [2.24, 2.45) is 0 Å². The Hall–Kier alpha value is -1.78. The summed E-state index contributed by atoms with van der Waals surface area (Å²) in [6.45, 7) is 0. The lowest BCUT2D eigenvalue weighted by molar-refractivity contribution is 1.43. The van der Waals surface area contributed by atoms with E-state index in [-0.39, 0.29) is 0 Å². The first-order valence-corrected chi connectivity index (χ1v) is 7.28. The predicted octanol–water partition coefficient (Wildman–Crippen LogP) is 4.57. The first-order chi connectivity index (χ1) is 8.90. The highest BCUT2D eigenvalue weighted by Gasteiger charge is 2.06.